The van der Waals surface area contributed by atoms with Gasteiger partial charge in [-0.3, -0.25) is 0 Å². The van der Waals surface area contributed by atoms with Crippen molar-refractivity contribution < 1.29 is 5.11 Å². The zero-order chi connectivity index (χ0) is 12.3. The van der Waals surface area contributed by atoms with E-state index in [1.54, 1.807) is 12.1 Å². The summed E-state index contributed by atoms with van der Waals surface area (Å²) in [5.74, 6) is 0.0207. The van der Waals surface area contributed by atoms with Crippen molar-refractivity contribution in [1.29, 1.82) is 5.26 Å². The molecule has 0 spiro atoms. The van der Waals surface area contributed by atoms with Gasteiger partial charge in [0.05, 0.1) is 5.56 Å². The third kappa shape index (κ3) is 2.77. The van der Waals surface area contributed by atoms with Gasteiger partial charge in [0, 0.05) is 5.02 Å². The van der Waals surface area contributed by atoms with Crippen LogP contribution in [0.1, 0.15) is 16.7 Å². The van der Waals surface area contributed by atoms with E-state index in [1.807, 2.05) is 36.4 Å². The lowest BCUT2D eigenvalue weighted by Crippen LogP contribution is -1.89. The van der Waals surface area contributed by atoms with Gasteiger partial charge in [0.1, 0.15) is 11.8 Å². The van der Waals surface area contributed by atoms with Crippen molar-refractivity contribution >= 4 is 11.6 Å². The molecule has 0 fully saturated rings. The van der Waals surface area contributed by atoms with E-state index in [2.05, 4.69) is 0 Å². The number of phenolic OH excluding ortho intramolecular Hbond substituents is 1. The van der Waals surface area contributed by atoms with Gasteiger partial charge in [-0.25, -0.2) is 0 Å². The maximum absolute atomic E-state index is 9.40. The molecule has 0 amide bonds. The normalized spacial score (nSPS) is 9.88. The fraction of sp³-hybridized carbons (Fsp3) is 0.0714. The Morgan fingerprint density at radius 1 is 1.06 bits per heavy atom. The van der Waals surface area contributed by atoms with Crippen LogP contribution in [0.4, 0.5) is 0 Å². The molecular formula is C14H10ClNO. The predicted molar refractivity (Wildman–Crippen MR) is 67.1 cm³/mol. The van der Waals surface area contributed by atoms with Crippen LogP contribution >= 0.6 is 11.6 Å². The Morgan fingerprint density at radius 3 is 2.35 bits per heavy atom. The quantitative estimate of drug-likeness (QED) is 0.877. The van der Waals surface area contributed by atoms with Crippen molar-refractivity contribution in [1.82, 2.24) is 0 Å². The zero-order valence-electron chi connectivity index (χ0n) is 9.02. The van der Waals surface area contributed by atoms with Crippen LogP contribution in [-0.4, -0.2) is 5.11 Å². The Labute approximate surface area is 105 Å². The van der Waals surface area contributed by atoms with E-state index < -0.39 is 0 Å². The highest BCUT2D eigenvalue weighted by Gasteiger charge is 2.02. The van der Waals surface area contributed by atoms with Crippen molar-refractivity contribution in [3.8, 4) is 11.8 Å². The van der Waals surface area contributed by atoms with Crippen molar-refractivity contribution in [2.45, 2.75) is 6.42 Å². The van der Waals surface area contributed by atoms with E-state index in [-0.39, 0.29) is 5.75 Å². The van der Waals surface area contributed by atoms with Gasteiger partial charge in [-0.2, -0.15) is 5.26 Å². The number of phenols is 1. The summed E-state index contributed by atoms with van der Waals surface area (Å²) < 4.78 is 0. The zero-order valence-corrected chi connectivity index (χ0v) is 9.78. The van der Waals surface area contributed by atoms with Crippen molar-refractivity contribution in [2.75, 3.05) is 0 Å². The molecule has 0 aliphatic heterocycles. The Balaban J connectivity index is 2.25. The van der Waals surface area contributed by atoms with Crippen LogP contribution in [0.2, 0.25) is 5.02 Å². The van der Waals surface area contributed by atoms with Crippen LogP contribution in [0.25, 0.3) is 0 Å². The molecule has 1 N–H and O–H groups in total. The molecule has 2 nitrogen and oxygen atoms in total. The number of hydrogen-bond acceptors (Lipinski definition) is 2. The number of nitriles is 1. The lowest BCUT2D eigenvalue weighted by Gasteiger charge is -2.03. The predicted octanol–water partition coefficient (Wildman–Crippen LogP) is 3.51. The van der Waals surface area contributed by atoms with Crippen LogP contribution in [0.15, 0.2) is 42.5 Å². The van der Waals surface area contributed by atoms with E-state index in [4.69, 9.17) is 16.9 Å². The van der Waals surface area contributed by atoms with E-state index in [0.29, 0.717) is 17.0 Å². The third-order valence-electron chi connectivity index (χ3n) is 2.50. The van der Waals surface area contributed by atoms with Gasteiger partial charge in [-0.05, 0) is 41.8 Å². The second-order valence-electron chi connectivity index (χ2n) is 3.77. The Kier molecular flexibility index (Phi) is 3.32. The first-order chi connectivity index (χ1) is 8.19. The first-order valence-electron chi connectivity index (χ1n) is 5.15. The highest BCUT2D eigenvalue weighted by atomic mass is 35.5. The van der Waals surface area contributed by atoms with Crippen LogP contribution in [-0.2, 0) is 6.42 Å². The molecule has 17 heavy (non-hydrogen) atoms. The van der Waals surface area contributed by atoms with E-state index in [9.17, 15) is 5.11 Å². The molecule has 84 valence electrons. The van der Waals surface area contributed by atoms with Crippen LogP contribution in [0, 0.1) is 11.3 Å². The van der Waals surface area contributed by atoms with Gasteiger partial charge < -0.3 is 5.11 Å². The molecule has 0 atom stereocenters. The van der Waals surface area contributed by atoms with Crippen LogP contribution < -0.4 is 0 Å². The molecule has 2 rings (SSSR count). The molecule has 0 bridgehead atoms. The summed E-state index contributed by atoms with van der Waals surface area (Å²) in [4.78, 5) is 0. The molecule has 0 aliphatic carbocycles. The van der Waals surface area contributed by atoms with Crippen molar-refractivity contribution in [3.63, 3.8) is 0 Å². The van der Waals surface area contributed by atoms with E-state index >= 15 is 0 Å². The number of halogens is 1. The summed E-state index contributed by atoms with van der Waals surface area (Å²) >= 11 is 5.81. The average molecular weight is 244 g/mol. The minimum absolute atomic E-state index is 0.0207. The molecular weight excluding hydrogens is 234 g/mol. The monoisotopic (exact) mass is 243 g/mol. The largest absolute Gasteiger partial charge is 0.507 e. The first kappa shape index (κ1) is 11.5. The second kappa shape index (κ2) is 4.90. The van der Waals surface area contributed by atoms with E-state index in [0.717, 1.165) is 11.1 Å². The highest BCUT2D eigenvalue weighted by Crippen LogP contribution is 2.20. The summed E-state index contributed by atoms with van der Waals surface area (Å²) in [7, 11) is 0. The first-order valence-corrected chi connectivity index (χ1v) is 5.53. The molecule has 3 heteroatoms. The molecule has 2 aromatic carbocycles. The maximum atomic E-state index is 9.40. The molecule has 0 saturated heterocycles. The molecule has 0 unspecified atom stereocenters. The average Bonchev–Trinajstić information content (AvgIpc) is 2.34. The number of rotatable bonds is 2. The highest BCUT2D eigenvalue weighted by molar-refractivity contribution is 6.30. The van der Waals surface area contributed by atoms with Crippen LogP contribution in [0.5, 0.6) is 5.75 Å². The lowest BCUT2D eigenvalue weighted by molar-refractivity contribution is 0.473. The lowest BCUT2D eigenvalue weighted by atomic mass is 10.0. The van der Waals surface area contributed by atoms with Crippen molar-refractivity contribution in [2.24, 2.45) is 0 Å². The number of aromatic hydroxyl groups is 1. The standard InChI is InChI=1S/C14H10ClNO/c15-13-4-1-10(2-5-13)7-11-3-6-14(17)12(8-11)9-16/h1-6,8,17H,7H2. The van der Waals surface area contributed by atoms with Gasteiger partial charge in [0.2, 0.25) is 0 Å². The molecule has 0 heterocycles. The van der Waals surface area contributed by atoms with Crippen LogP contribution in [0.3, 0.4) is 0 Å². The Hall–Kier alpha value is -1.98. The smallest absolute Gasteiger partial charge is 0.133 e. The Morgan fingerprint density at radius 2 is 1.71 bits per heavy atom. The summed E-state index contributed by atoms with van der Waals surface area (Å²) in [5.41, 5.74) is 2.40. The molecule has 0 saturated carbocycles. The molecule has 0 aromatic heterocycles. The van der Waals surface area contributed by atoms with Crippen molar-refractivity contribution in [3.05, 3.63) is 64.2 Å². The van der Waals surface area contributed by atoms with Gasteiger partial charge in [0.15, 0.2) is 0 Å². The molecule has 0 radical (unpaired) electrons. The fourth-order valence-electron chi connectivity index (χ4n) is 1.62. The minimum atomic E-state index is 0.0207. The van der Waals surface area contributed by atoms with Gasteiger partial charge in [0.25, 0.3) is 0 Å². The summed E-state index contributed by atoms with van der Waals surface area (Å²) in [5, 5.41) is 18.9. The maximum Gasteiger partial charge on any atom is 0.133 e. The van der Waals surface area contributed by atoms with Gasteiger partial charge in [-0.15, -0.1) is 0 Å². The number of hydrogen-bond donors (Lipinski definition) is 1. The second-order valence-corrected chi connectivity index (χ2v) is 4.20. The van der Waals surface area contributed by atoms with Gasteiger partial charge >= 0.3 is 0 Å². The summed E-state index contributed by atoms with van der Waals surface area (Å²) in [6.07, 6.45) is 0.714. The van der Waals surface area contributed by atoms with Gasteiger partial charge in [-0.1, -0.05) is 29.8 Å². The topological polar surface area (TPSA) is 44.0 Å². The minimum Gasteiger partial charge on any atom is -0.507 e. The van der Waals surface area contributed by atoms with E-state index in [1.165, 1.54) is 0 Å². The molecule has 0 aliphatic rings. The Bertz CT molecular complexity index is 570. The molecule has 2 aromatic rings. The summed E-state index contributed by atoms with van der Waals surface area (Å²) in [6, 6.07) is 14.6. The fourth-order valence-corrected chi connectivity index (χ4v) is 1.75. The summed E-state index contributed by atoms with van der Waals surface area (Å²) in [6.45, 7) is 0. The SMILES string of the molecule is N#Cc1cc(Cc2ccc(Cl)cc2)ccc1O. The third-order valence-corrected chi connectivity index (χ3v) is 2.75. The number of nitrogens with zero attached hydrogens (tertiary/aromatic N) is 1. The number of benzene rings is 2.